The van der Waals surface area contributed by atoms with Crippen molar-refractivity contribution in [3.63, 3.8) is 0 Å². The lowest BCUT2D eigenvalue weighted by molar-refractivity contribution is 0.643. The van der Waals surface area contributed by atoms with E-state index < -0.39 is 0 Å². The van der Waals surface area contributed by atoms with Crippen LogP contribution in [0.5, 0.6) is 0 Å². The molecule has 1 aliphatic carbocycles. The molecular formula is C13H18N4S2. The first-order valence-corrected chi connectivity index (χ1v) is 8.32. The number of hydrogen-bond donors (Lipinski definition) is 1. The molecule has 2 aromatic heterocycles. The first-order chi connectivity index (χ1) is 9.17. The third kappa shape index (κ3) is 2.79. The molecule has 0 radical (unpaired) electrons. The van der Waals surface area contributed by atoms with Gasteiger partial charge in [0, 0.05) is 19.4 Å². The maximum Gasteiger partial charge on any atom is 0.205 e. The molecule has 1 saturated carbocycles. The number of nitrogens with zero attached hydrogens (tertiary/aromatic N) is 3. The highest BCUT2D eigenvalue weighted by Gasteiger charge is 2.31. The summed E-state index contributed by atoms with van der Waals surface area (Å²) in [6.45, 7) is 4.48. The molecule has 0 atom stereocenters. The number of anilines is 1. The van der Waals surface area contributed by atoms with Crippen LogP contribution < -0.4 is 5.32 Å². The third-order valence-electron chi connectivity index (χ3n) is 3.08. The minimum Gasteiger partial charge on any atom is -0.363 e. The second-order valence-corrected chi connectivity index (χ2v) is 7.42. The molecule has 102 valence electrons. The lowest BCUT2D eigenvalue weighted by Gasteiger charge is -1.98. The molecule has 6 heteroatoms. The fraction of sp³-hybridized carbons (Fsp3) is 0.615. The maximum atomic E-state index is 4.86. The monoisotopic (exact) mass is 294 g/mol. The first kappa shape index (κ1) is 13.0. The Morgan fingerprint density at radius 3 is 2.63 bits per heavy atom. The molecule has 0 unspecified atom stereocenters. The van der Waals surface area contributed by atoms with Crippen LogP contribution in [0.25, 0.3) is 9.88 Å². The van der Waals surface area contributed by atoms with E-state index in [9.17, 15) is 0 Å². The van der Waals surface area contributed by atoms with Gasteiger partial charge in [-0.1, -0.05) is 25.2 Å². The van der Waals surface area contributed by atoms with Gasteiger partial charge in [0.05, 0.1) is 15.6 Å². The van der Waals surface area contributed by atoms with E-state index in [1.165, 1.54) is 28.4 Å². The molecule has 0 amide bonds. The van der Waals surface area contributed by atoms with Crippen molar-refractivity contribution >= 4 is 27.8 Å². The summed E-state index contributed by atoms with van der Waals surface area (Å²) in [6, 6.07) is 0. The zero-order valence-electron chi connectivity index (χ0n) is 11.4. The Kier molecular flexibility index (Phi) is 3.54. The van der Waals surface area contributed by atoms with Gasteiger partial charge in [-0.3, -0.25) is 0 Å². The van der Waals surface area contributed by atoms with E-state index in [2.05, 4.69) is 29.4 Å². The standard InChI is InChI=1S/C13H18N4S2/c1-7(2)6-9-15-10(8-4-5-8)11(18-9)12-16-17-13(14-3)19-12/h7-8H,4-6H2,1-3H3,(H,14,17). The van der Waals surface area contributed by atoms with Crippen molar-refractivity contribution in [1.29, 1.82) is 0 Å². The number of thiazole rings is 1. The molecule has 2 heterocycles. The molecule has 2 aromatic rings. The van der Waals surface area contributed by atoms with Gasteiger partial charge in [0.25, 0.3) is 0 Å². The molecule has 0 bridgehead atoms. The summed E-state index contributed by atoms with van der Waals surface area (Å²) in [5.41, 5.74) is 1.26. The number of nitrogens with one attached hydrogen (secondary N) is 1. The van der Waals surface area contributed by atoms with Gasteiger partial charge < -0.3 is 5.32 Å². The van der Waals surface area contributed by atoms with Gasteiger partial charge >= 0.3 is 0 Å². The summed E-state index contributed by atoms with van der Waals surface area (Å²) < 4.78 is 0. The predicted molar refractivity (Wildman–Crippen MR) is 81.1 cm³/mol. The van der Waals surface area contributed by atoms with Gasteiger partial charge in [-0.25, -0.2) is 4.98 Å². The van der Waals surface area contributed by atoms with Crippen LogP contribution in [0, 0.1) is 5.92 Å². The molecule has 1 fully saturated rings. The van der Waals surface area contributed by atoms with Crippen LogP contribution in [0.1, 0.15) is 43.3 Å². The highest BCUT2D eigenvalue weighted by Crippen LogP contribution is 2.47. The maximum absolute atomic E-state index is 4.86. The van der Waals surface area contributed by atoms with Gasteiger partial charge in [0.1, 0.15) is 0 Å². The number of hydrogen-bond acceptors (Lipinski definition) is 6. The fourth-order valence-electron chi connectivity index (χ4n) is 2.02. The molecule has 3 rings (SSSR count). The van der Waals surface area contributed by atoms with Crippen LogP contribution in [0.3, 0.4) is 0 Å². The quantitative estimate of drug-likeness (QED) is 0.911. The normalized spacial score (nSPS) is 15.2. The first-order valence-electron chi connectivity index (χ1n) is 6.68. The zero-order chi connectivity index (χ0) is 13.4. The molecule has 0 saturated heterocycles. The van der Waals surface area contributed by atoms with E-state index >= 15 is 0 Å². The Morgan fingerprint density at radius 2 is 2.05 bits per heavy atom. The van der Waals surface area contributed by atoms with Crippen molar-refractivity contribution in [3.8, 4) is 9.88 Å². The summed E-state index contributed by atoms with van der Waals surface area (Å²) in [7, 11) is 1.88. The molecule has 1 aliphatic rings. The zero-order valence-corrected chi connectivity index (χ0v) is 13.1. The van der Waals surface area contributed by atoms with Crippen molar-refractivity contribution in [1.82, 2.24) is 15.2 Å². The largest absolute Gasteiger partial charge is 0.363 e. The highest BCUT2D eigenvalue weighted by molar-refractivity contribution is 7.23. The van der Waals surface area contributed by atoms with Crippen molar-refractivity contribution in [2.75, 3.05) is 12.4 Å². The highest BCUT2D eigenvalue weighted by atomic mass is 32.1. The third-order valence-corrected chi connectivity index (χ3v) is 5.27. The summed E-state index contributed by atoms with van der Waals surface area (Å²) in [5, 5.41) is 14.6. The topological polar surface area (TPSA) is 50.7 Å². The number of aromatic nitrogens is 3. The molecule has 0 spiro atoms. The van der Waals surface area contributed by atoms with Crippen LogP contribution >= 0.6 is 22.7 Å². The van der Waals surface area contributed by atoms with Crippen molar-refractivity contribution < 1.29 is 0 Å². The molecular weight excluding hydrogens is 276 g/mol. The van der Waals surface area contributed by atoms with Gasteiger partial charge in [0.2, 0.25) is 5.13 Å². The van der Waals surface area contributed by atoms with Crippen LogP contribution in [-0.4, -0.2) is 22.2 Å². The van der Waals surface area contributed by atoms with E-state index in [-0.39, 0.29) is 0 Å². The van der Waals surface area contributed by atoms with E-state index in [1.807, 2.05) is 7.05 Å². The van der Waals surface area contributed by atoms with Crippen LogP contribution in [0.15, 0.2) is 0 Å². The molecule has 0 aliphatic heterocycles. The van der Waals surface area contributed by atoms with Gasteiger partial charge in [0.15, 0.2) is 5.01 Å². The summed E-state index contributed by atoms with van der Waals surface area (Å²) in [6.07, 6.45) is 3.60. The Bertz CT molecular complexity index is 569. The molecule has 4 nitrogen and oxygen atoms in total. The summed E-state index contributed by atoms with van der Waals surface area (Å²) in [5.74, 6) is 1.31. The van der Waals surface area contributed by atoms with E-state index in [0.717, 1.165) is 16.6 Å². The summed E-state index contributed by atoms with van der Waals surface area (Å²) >= 11 is 3.42. The minimum atomic E-state index is 0.647. The van der Waals surface area contributed by atoms with E-state index in [1.54, 1.807) is 22.7 Å². The van der Waals surface area contributed by atoms with E-state index in [0.29, 0.717) is 11.8 Å². The second-order valence-electron chi connectivity index (χ2n) is 5.36. The SMILES string of the molecule is CNc1nnc(-c2sc(CC(C)C)nc2C2CC2)s1. The van der Waals surface area contributed by atoms with Gasteiger partial charge in [-0.15, -0.1) is 21.5 Å². The predicted octanol–water partition coefficient (Wildman–Crippen LogP) is 3.78. The smallest absolute Gasteiger partial charge is 0.205 e. The number of rotatable bonds is 5. The Labute approximate surface area is 121 Å². The van der Waals surface area contributed by atoms with Crippen LogP contribution in [0.4, 0.5) is 5.13 Å². The Hall–Kier alpha value is -1.01. The molecule has 19 heavy (non-hydrogen) atoms. The van der Waals surface area contributed by atoms with Gasteiger partial charge in [-0.2, -0.15) is 0 Å². The Morgan fingerprint density at radius 1 is 1.26 bits per heavy atom. The Balaban J connectivity index is 1.96. The molecule has 0 aromatic carbocycles. The lowest BCUT2D eigenvalue weighted by Crippen LogP contribution is -1.93. The summed E-state index contributed by atoms with van der Waals surface area (Å²) in [4.78, 5) is 6.11. The second kappa shape index (κ2) is 5.17. The average Bonchev–Trinajstić information content (AvgIpc) is 2.96. The minimum absolute atomic E-state index is 0.647. The lowest BCUT2D eigenvalue weighted by atomic mass is 10.1. The van der Waals surface area contributed by atoms with E-state index in [4.69, 9.17) is 4.98 Å². The fourth-order valence-corrected chi connectivity index (χ4v) is 4.15. The van der Waals surface area contributed by atoms with Crippen molar-refractivity contribution in [2.24, 2.45) is 5.92 Å². The van der Waals surface area contributed by atoms with Crippen molar-refractivity contribution in [2.45, 2.75) is 39.0 Å². The van der Waals surface area contributed by atoms with Crippen LogP contribution in [-0.2, 0) is 6.42 Å². The molecule has 1 N–H and O–H groups in total. The van der Waals surface area contributed by atoms with Crippen LogP contribution in [0.2, 0.25) is 0 Å². The average molecular weight is 294 g/mol. The van der Waals surface area contributed by atoms with Gasteiger partial charge in [-0.05, 0) is 18.8 Å². The van der Waals surface area contributed by atoms with Crippen molar-refractivity contribution in [3.05, 3.63) is 10.7 Å².